The number of amides is 3. The van der Waals surface area contributed by atoms with Gasteiger partial charge in [-0.2, -0.15) is 0 Å². The molecular weight excluding hydrogens is 254 g/mol. The van der Waals surface area contributed by atoms with Gasteiger partial charge in [0.2, 0.25) is 0 Å². The summed E-state index contributed by atoms with van der Waals surface area (Å²) in [6.45, 7) is 5.21. The average Bonchev–Trinajstić information content (AvgIpc) is 2.44. The average molecular weight is 282 g/mol. The quantitative estimate of drug-likeness (QED) is 0.695. The van der Waals surface area contributed by atoms with E-state index in [1.807, 2.05) is 6.92 Å². The number of imide groups is 1. The van der Waals surface area contributed by atoms with Crippen LogP contribution in [0.1, 0.15) is 45.4 Å². The molecule has 0 bridgehead atoms. The molecule has 0 aromatic heterocycles. The number of rotatable bonds is 4. The highest BCUT2D eigenvalue weighted by molar-refractivity contribution is 5.94. The molecule has 0 spiro atoms. The minimum absolute atomic E-state index is 0.150. The maximum atomic E-state index is 11.9. The predicted octanol–water partition coefficient (Wildman–Crippen LogP) is 0.317. The van der Waals surface area contributed by atoms with Crippen LogP contribution in [0.15, 0.2) is 0 Å². The van der Waals surface area contributed by atoms with Crippen molar-refractivity contribution < 1.29 is 14.5 Å². The number of quaternary nitrogens is 1. The van der Waals surface area contributed by atoms with Crippen LogP contribution in [0.4, 0.5) is 4.79 Å². The van der Waals surface area contributed by atoms with E-state index in [0.29, 0.717) is 13.1 Å². The van der Waals surface area contributed by atoms with Crippen LogP contribution in [0.2, 0.25) is 0 Å². The van der Waals surface area contributed by atoms with E-state index in [4.69, 9.17) is 0 Å². The maximum Gasteiger partial charge on any atom is 0.321 e. The third-order valence-corrected chi connectivity index (χ3v) is 4.69. The third kappa shape index (κ3) is 4.47. The number of piperidine rings is 1. The molecule has 3 N–H and O–H groups in total. The fraction of sp³-hybridized carbons (Fsp3) is 0.867. The van der Waals surface area contributed by atoms with E-state index in [1.165, 1.54) is 37.0 Å². The van der Waals surface area contributed by atoms with Gasteiger partial charge in [-0.3, -0.25) is 10.1 Å². The van der Waals surface area contributed by atoms with Gasteiger partial charge in [0, 0.05) is 12.5 Å². The van der Waals surface area contributed by atoms with Gasteiger partial charge in [0.25, 0.3) is 5.91 Å². The number of fused-ring (bicyclic) bond motifs is 1. The third-order valence-electron chi connectivity index (χ3n) is 4.69. The van der Waals surface area contributed by atoms with Gasteiger partial charge >= 0.3 is 6.03 Å². The second-order valence-corrected chi connectivity index (χ2v) is 6.28. The van der Waals surface area contributed by atoms with Crippen LogP contribution >= 0.6 is 0 Å². The van der Waals surface area contributed by atoms with Crippen molar-refractivity contribution in [1.82, 2.24) is 10.6 Å². The summed E-state index contributed by atoms with van der Waals surface area (Å²) < 4.78 is 0. The van der Waals surface area contributed by atoms with Crippen LogP contribution in [0, 0.1) is 11.8 Å². The molecule has 5 nitrogen and oxygen atoms in total. The molecule has 0 radical (unpaired) electrons. The van der Waals surface area contributed by atoms with Gasteiger partial charge in [-0.25, -0.2) is 4.79 Å². The molecule has 20 heavy (non-hydrogen) atoms. The zero-order chi connectivity index (χ0) is 14.4. The van der Waals surface area contributed by atoms with Crippen molar-refractivity contribution in [3.63, 3.8) is 0 Å². The first-order chi connectivity index (χ1) is 9.69. The van der Waals surface area contributed by atoms with Crippen molar-refractivity contribution in [3.05, 3.63) is 0 Å². The summed E-state index contributed by atoms with van der Waals surface area (Å²) in [5.41, 5.74) is 0. The fourth-order valence-electron chi connectivity index (χ4n) is 3.64. The van der Waals surface area contributed by atoms with Crippen molar-refractivity contribution in [1.29, 1.82) is 0 Å². The first kappa shape index (κ1) is 15.3. The second-order valence-electron chi connectivity index (χ2n) is 6.28. The molecule has 2 fully saturated rings. The minimum Gasteiger partial charge on any atom is -0.338 e. The molecule has 3 amide bonds. The van der Waals surface area contributed by atoms with Crippen molar-refractivity contribution >= 4 is 11.9 Å². The standard InChI is InChI=1S/C15H27N3O2/c1-2-8-16-15(20)17-14(19)11-18-9-7-12-5-3-4-6-13(12)10-18/h12-13H,2-11H2,1H3,(H2,16,17,19,20)/p+1/t12-,13+/m0/s1. The van der Waals surface area contributed by atoms with E-state index in [-0.39, 0.29) is 11.9 Å². The van der Waals surface area contributed by atoms with E-state index in [0.717, 1.165) is 31.3 Å². The Kier molecular flexibility index (Phi) is 5.83. The Labute approximate surface area is 121 Å². The van der Waals surface area contributed by atoms with Crippen molar-refractivity contribution in [2.45, 2.75) is 45.4 Å². The summed E-state index contributed by atoms with van der Waals surface area (Å²) in [5.74, 6) is 1.54. The number of hydrogen-bond donors (Lipinski definition) is 3. The van der Waals surface area contributed by atoms with Crippen LogP contribution in [-0.2, 0) is 4.79 Å². The zero-order valence-electron chi connectivity index (χ0n) is 12.5. The summed E-state index contributed by atoms with van der Waals surface area (Å²) in [7, 11) is 0. The highest BCUT2D eigenvalue weighted by Gasteiger charge is 2.34. The van der Waals surface area contributed by atoms with Gasteiger partial charge in [-0.15, -0.1) is 0 Å². The Morgan fingerprint density at radius 2 is 1.90 bits per heavy atom. The molecule has 1 aliphatic heterocycles. The Morgan fingerprint density at radius 3 is 2.65 bits per heavy atom. The van der Waals surface area contributed by atoms with Crippen molar-refractivity contribution in [3.8, 4) is 0 Å². The molecule has 1 saturated heterocycles. The number of carbonyl (C=O) groups is 2. The van der Waals surface area contributed by atoms with E-state index < -0.39 is 0 Å². The molecular formula is C15H28N3O2+. The highest BCUT2D eigenvalue weighted by Crippen LogP contribution is 2.32. The lowest BCUT2D eigenvalue weighted by Crippen LogP contribution is -3.15. The van der Waals surface area contributed by atoms with E-state index in [9.17, 15) is 9.59 Å². The molecule has 1 unspecified atom stereocenters. The van der Waals surface area contributed by atoms with Crippen LogP contribution in [0.3, 0.4) is 0 Å². The molecule has 2 aliphatic rings. The predicted molar refractivity (Wildman–Crippen MR) is 77.5 cm³/mol. The van der Waals surface area contributed by atoms with Crippen LogP contribution in [0.25, 0.3) is 0 Å². The minimum atomic E-state index is -0.358. The number of nitrogens with one attached hydrogen (secondary N) is 3. The lowest BCUT2D eigenvalue weighted by molar-refractivity contribution is -0.902. The Bertz CT molecular complexity index is 346. The van der Waals surface area contributed by atoms with E-state index in [1.54, 1.807) is 0 Å². The summed E-state index contributed by atoms with van der Waals surface area (Å²) in [6.07, 6.45) is 7.56. The Balaban J connectivity index is 1.70. The monoisotopic (exact) mass is 282 g/mol. The maximum absolute atomic E-state index is 11.9. The molecule has 1 aliphatic carbocycles. The topological polar surface area (TPSA) is 62.6 Å². The summed E-state index contributed by atoms with van der Waals surface area (Å²) >= 11 is 0. The lowest BCUT2D eigenvalue weighted by atomic mass is 9.75. The molecule has 114 valence electrons. The largest absolute Gasteiger partial charge is 0.338 e. The van der Waals surface area contributed by atoms with Crippen LogP contribution in [0.5, 0.6) is 0 Å². The van der Waals surface area contributed by atoms with Gasteiger partial charge in [0.1, 0.15) is 0 Å². The molecule has 2 rings (SSSR count). The Morgan fingerprint density at radius 1 is 1.15 bits per heavy atom. The first-order valence-electron chi connectivity index (χ1n) is 8.10. The SMILES string of the molecule is CCCNC(=O)NC(=O)C[NH+]1CC[C@@H]2CCCC[C@@H]2C1. The molecule has 3 atom stereocenters. The molecule has 0 aromatic rings. The molecule has 1 heterocycles. The first-order valence-corrected chi connectivity index (χ1v) is 8.10. The smallest absolute Gasteiger partial charge is 0.321 e. The normalized spacial score (nSPS) is 29.4. The number of hydrogen-bond acceptors (Lipinski definition) is 2. The highest BCUT2D eigenvalue weighted by atomic mass is 16.2. The van der Waals surface area contributed by atoms with Gasteiger partial charge in [-0.05, 0) is 31.6 Å². The van der Waals surface area contributed by atoms with Gasteiger partial charge in [-0.1, -0.05) is 19.8 Å². The number of carbonyl (C=O) groups excluding carboxylic acids is 2. The lowest BCUT2D eigenvalue weighted by Gasteiger charge is -2.38. The summed E-state index contributed by atoms with van der Waals surface area (Å²) in [4.78, 5) is 24.6. The van der Waals surface area contributed by atoms with E-state index in [2.05, 4.69) is 10.6 Å². The number of likely N-dealkylation sites (tertiary alicyclic amines) is 1. The van der Waals surface area contributed by atoms with Gasteiger partial charge in [0.15, 0.2) is 6.54 Å². The van der Waals surface area contributed by atoms with Gasteiger partial charge < -0.3 is 10.2 Å². The van der Waals surface area contributed by atoms with Crippen molar-refractivity contribution in [2.24, 2.45) is 11.8 Å². The number of urea groups is 1. The molecule has 0 aromatic carbocycles. The van der Waals surface area contributed by atoms with Crippen molar-refractivity contribution in [2.75, 3.05) is 26.2 Å². The summed E-state index contributed by atoms with van der Waals surface area (Å²) in [5, 5.41) is 5.09. The van der Waals surface area contributed by atoms with Crippen LogP contribution < -0.4 is 15.5 Å². The fourth-order valence-corrected chi connectivity index (χ4v) is 3.64. The molecule has 5 heteroatoms. The van der Waals surface area contributed by atoms with Gasteiger partial charge in [0.05, 0.1) is 13.1 Å². The Hall–Kier alpha value is -1.10. The zero-order valence-corrected chi connectivity index (χ0v) is 12.5. The summed E-state index contributed by atoms with van der Waals surface area (Å²) in [6, 6.07) is -0.358. The second kappa shape index (κ2) is 7.62. The van der Waals surface area contributed by atoms with Crippen LogP contribution in [-0.4, -0.2) is 38.1 Å². The van der Waals surface area contributed by atoms with E-state index >= 15 is 0 Å². The molecule has 1 saturated carbocycles.